The average molecular weight is 500 g/mol. The van der Waals surface area contributed by atoms with E-state index in [0.717, 1.165) is 29.1 Å². The maximum absolute atomic E-state index is 13.9. The first-order valence-corrected chi connectivity index (χ1v) is 13.1. The molecule has 1 amide bonds. The van der Waals surface area contributed by atoms with Crippen LogP contribution in [0.15, 0.2) is 28.4 Å². The number of carbonyl (C=O) groups is 1. The van der Waals surface area contributed by atoms with Gasteiger partial charge in [0.15, 0.2) is 0 Å². The smallest absolute Gasteiger partial charge is 0.405 e. The Morgan fingerprint density at radius 1 is 1.26 bits per heavy atom. The van der Waals surface area contributed by atoms with E-state index in [1.165, 1.54) is 0 Å². The van der Waals surface area contributed by atoms with Gasteiger partial charge in [0.25, 0.3) is 5.56 Å². The van der Waals surface area contributed by atoms with Crippen molar-refractivity contribution in [1.29, 1.82) is 0 Å². The van der Waals surface area contributed by atoms with E-state index >= 15 is 0 Å². The molecule has 0 radical (unpaired) electrons. The van der Waals surface area contributed by atoms with Gasteiger partial charge in [0.05, 0.1) is 23.7 Å². The number of pyridine rings is 1. The fourth-order valence-electron chi connectivity index (χ4n) is 4.18. The highest BCUT2D eigenvalue weighted by molar-refractivity contribution is 7.13. The minimum atomic E-state index is -1.14. The summed E-state index contributed by atoms with van der Waals surface area (Å²) in [6, 6.07) is 5.07. The van der Waals surface area contributed by atoms with Crippen LogP contribution in [0.5, 0.6) is 5.75 Å². The summed E-state index contributed by atoms with van der Waals surface area (Å²) in [5.74, 6) is 0.743. The van der Waals surface area contributed by atoms with E-state index in [1.54, 1.807) is 15.9 Å². The summed E-state index contributed by atoms with van der Waals surface area (Å²) in [5.41, 5.74) is 1.77. The van der Waals surface area contributed by atoms with Crippen LogP contribution in [0, 0.1) is 18.3 Å². The number of fused-ring (bicyclic) bond motifs is 1. The number of ether oxygens (including phenoxy) is 1. The Bertz CT molecular complexity index is 1250. The monoisotopic (exact) mass is 499 g/mol. The highest BCUT2D eigenvalue weighted by Crippen LogP contribution is 2.41. The second kappa shape index (κ2) is 10.8. The van der Waals surface area contributed by atoms with Crippen LogP contribution in [-0.4, -0.2) is 27.4 Å². The molecule has 0 saturated carbocycles. The minimum Gasteiger partial charge on any atom is -0.491 e. The van der Waals surface area contributed by atoms with Crippen molar-refractivity contribution in [2.45, 2.75) is 73.9 Å². The van der Waals surface area contributed by atoms with E-state index in [4.69, 9.17) is 4.74 Å². The largest absolute Gasteiger partial charge is 0.491 e. The van der Waals surface area contributed by atoms with Gasteiger partial charge >= 0.3 is 6.09 Å². The molecule has 2 heterocycles. The predicted molar refractivity (Wildman–Crippen MR) is 143 cm³/mol. The minimum absolute atomic E-state index is 0.144. The van der Waals surface area contributed by atoms with E-state index in [0.29, 0.717) is 35.4 Å². The lowest BCUT2D eigenvalue weighted by Gasteiger charge is -2.34. The standard InChI is InChI=1S/C27H37N3O4S/c1-8-9-12-34-22-20-13-18(24-28-17(4)15-35-24)10-11-19(20)25(31)30(14-16(2)3)21(22)23(27(5,6)7)29-26(32)33/h10-11,13,15-16,23,29H,8-9,12,14H2,1-7H3,(H,32,33). The van der Waals surface area contributed by atoms with Crippen LogP contribution in [0.25, 0.3) is 21.3 Å². The van der Waals surface area contributed by atoms with Gasteiger partial charge in [0.1, 0.15) is 10.8 Å². The highest BCUT2D eigenvalue weighted by Gasteiger charge is 2.35. The number of rotatable bonds is 9. The summed E-state index contributed by atoms with van der Waals surface area (Å²) in [7, 11) is 0. The van der Waals surface area contributed by atoms with Crippen LogP contribution in [-0.2, 0) is 6.54 Å². The molecule has 35 heavy (non-hydrogen) atoms. The molecule has 0 saturated heterocycles. The number of benzene rings is 1. The number of aromatic nitrogens is 2. The predicted octanol–water partition coefficient (Wildman–Crippen LogP) is 6.62. The summed E-state index contributed by atoms with van der Waals surface area (Å²) < 4.78 is 8.13. The van der Waals surface area contributed by atoms with E-state index < -0.39 is 17.6 Å². The molecular weight excluding hydrogens is 462 g/mol. The Morgan fingerprint density at radius 3 is 2.51 bits per heavy atom. The molecule has 7 nitrogen and oxygen atoms in total. The van der Waals surface area contributed by atoms with Crippen LogP contribution in [0.2, 0.25) is 0 Å². The third-order valence-corrected chi connectivity index (χ3v) is 6.84. The second-order valence-electron chi connectivity index (χ2n) is 10.5. The summed E-state index contributed by atoms with van der Waals surface area (Å²) in [6.07, 6.45) is 0.668. The fraction of sp³-hybridized carbons (Fsp3) is 0.519. The van der Waals surface area contributed by atoms with Gasteiger partial charge < -0.3 is 19.7 Å². The number of unbranched alkanes of at least 4 members (excludes halogenated alkanes) is 1. The molecule has 0 bridgehead atoms. The number of amides is 1. The molecule has 2 aromatic heterocycles. The average Bonchev–Trinajstić information content (AvgIpc) is 3.20. The van der Waals surface area contributed by atoms with Crippen LogP contribution in [0.4, 0.5) is 4.79 Å². The first kappa shape index (κ1) is 26.7. The molecule has 2 N–H and O–H groups in total. The van der Waals surface area contributed by atoms with Crippen molar-refractivity contribution in [3.8, 4) is 16.3 Å². The molecule has 1 aromatic carbocycles. The third-order valence-electron chi connectivity index (χ3n) is 5.83. The zero-order valence-corrected chi connectivity index (χ0v) is 22.6. The molecular formula is C27H37N3O4S. The Morgan fingerprint density at radius 2 is 1.97 bits per heavy atom. The Balaban J connectivity index is 2.43. The lowest BCUT2D eigenvalue weighted by atomic mass is 9.83. The molecule has 3 rings (SSSR count). The van der Waals surface area contributed by atoms with Gasteiger partial charge in [0, 0.05) is 28.6 Å². The van der Waals surface area contributed by atoms with E-state index in [1.807, 2.05) is 65.1 Å². The van der Waals surface area contributed by atoms with Crippen molar-refractivity contribution in [2.24, 2.45) is 11.3 Å². The lowest BCUT2D eigenvalue weighted by molar-refractivity contribution is 0.170. The molecule has 8 heteroatoms. The number of hydrogen-bond acceptors (Lipinski definition) is 5. The molecule has 0 spiro atoms. The SMILES string of the molecule is CCCCOc1c(C(NC(=O)O)C(C)(C)C)n(CC(C)C)c(=O)c2ccc(-c3nc(C)cs3)cc12. The maximum Gasteiger partial charge on any atom is 0.405 e. The van der Waals surface area contributed by atoms with Crippen molar-refractivity contribution < 1.29 is 14.6 Å². The zero-order chi connectivity index (χ0) is 25.9. The number of carboxylic acid groups (broad SMARTS) is 1. The van der Waals surface area contributed by atoms with Gasteiger partial charge in [-0.15, -0.1) is 11.3 Å². The van der Waals surface area contributed by atoms with Crippen LogP contribution in [0.3, 0.4) is 0 Å². The van der Waals surface area contributed by atoms with Gasteiger partial charge in [0.2, 0.25) is 0 Å². The Hall–Kier alpha value is -2.87. The van der Waals surface area contributed by atoms with Crippen molar-refractivity contribution in [3.63, 3.8) is 0 Å². The first-order valence-electron chi connectivity index (χ1n) is 12.2. The van der Waals surface area contributed by atoms with Crippen molar-refractivity contribution in [1.82, 2.24) is 14.9 Å². The summed E-state index contributed by atoms with van der Waals surface area (Å²) in [4.78, 5) is 30.3. The van der Waals surface area contributed by atoms with E-state index in [-0.39, 0.29) is 11.5 Å². The molecule has 0 aliphatic heterocycles. The highest BCUT2D eigenvalue weighted by atomic mass is 32.1. The Labute approximate surface area is 211 Å². The normalized spacial score (nSPS) is 12.8. The molecule has 0 aliphatic carbocycles. The van der Waals surface area contributed by atoms with E-state index in [9.17, 15) is 14.7 Å². The zero-order valence-electron chi connectivity index (χ0n) is 21.8. The van der Waals surface area contributed by atoms with Gasteiger partial charge in [-0.1, -0.05) is 54.0 Å². The first-order chi connectivity index (χ1) is 16.4. The molecule has 190 valence electrons. The van der Waals surface area contributed by atoms with Gasteiger partial charge in [-0.2, -0.15) is 0 Å². The number of hydrogen-bond donors (Lipinski definition) is 2. The van der Waals surface area contributed by atoms with Gasteiger partial charge in [-0.3, -0.25) is 4.79 Å². The molecule has 0 fully saturated rings. The quantitative estimate of drug-likeness (QED) is 0.323. The number of aryl methyl sites for hydroxylation is 1. The third kappa shape index (κ3) is 6.04. The van der Waals surface area contributed by atoms with Crippen LogP contribution in [0.1, 0.15) is 71.8 Å². The number of nitrogens with one attached hydrogen (secondary N) is 1. The Kier molecular flexibility index (Phi) is 8.26. The van der Waals surface area contributed by atoms with Gasteiger partial charge in [-0.25, -0.2) is 9.78 Å². The van der Waals surface area contributed by atoms with Gasteiger partial charge in [-0.05, 0) is 36.8 Å². The second-order valence-corrected chi connectivity index (χ2v) is 11.4. The molecule has 0 aliphatic rings. The fourth-order valence-corrected chi connectivity index (χ4v) is 4.97. The summed E-state index contributed by atoms with van der Waals surface area (Å²) in [5, 5.41) is 16.5. The number of nitrogens with zero attached hydrogens (tertiary/aromatic N) is 2. The van der Waals surface area contributed by atoms with Crippen molar-refractivity contribution in [3.05, 3.63) is 45.3 Å². The molecule has 3 aromatic rings. The van der Waals surface area contributed by atoms with Crippen molar-refractivity contribution >= 4 is 28.2 Å². The number of thiazole rings is 1. The molecule has 1 unspecified atom stereocenters. The van der Waals surface area contributed by atoms with E-state index in [2.05, 4.69) is 17.2 Å². The lowest BCUT2D eigenvalue weighted by Crippen LogP contribution is -2.40. The van der Waals surface area contributed by atoms with Crippen molar-refractivity contribution in [2.75, 3.05) is 6.61 Å². The summed E-state index contributed by atoms with van der Waals surface area (Å²) >= 11 is 1.55. The topological polar surface area (TPSA) is 93.5 Å². The van der Waals surface area contributed by atoms with Crippen LogP contribution >= 0.6 is 11.3 Å². The maximum atomic E-state index is 13.9. The molecule has 1 atom stereocenters. The summed E-state index contributed by atoms with van der Waals surface area (Å²) in [6.45, 7) is 15.0. The van der Waals surface area contributed by atoms with Crippen LogP contribution < -0.4 is 15.6 Å².